The van der Waals surface area contributed by atoms with Crippen LogP contribution in [0.1, 0.15) is 6.42 Å². The van der Waals surface area contributed by atoms with E-state index in [4.69, 9.17) is 16.3 Å². The summed E-state index contributed by atoms with van der Waals surface area (Å²) >= 11 is 5.98. The Morgan fingerprint density at radius 1 is 1.58 bits per heavy atom. The lowest BCUT2D eigenvalue weighted by Crippen LogP contribution is -2.05. The van der Waals surface area contributed by atoms with Crippen LogP contribution in [0.3, 0.4) is 0 Å². The number of ether oxygens (including phenoxy) is 1. The minimum Gasteiger partial charge on any atom is -0.497 e. The van der Waals surface area contributed by atoms with Crippen LogP contribution in [0.4, 0.5) is 0 Å². The lowest BCUT2D eigenvalue weighted by Gasteiger charge is -2.03. The molecule has 0 unspecified atom stereocenters. The van der Waals surface area contributed by atoms with Crippen LogP contribution in [0.25, 0.3) is 0 Å². The lowest BCUT2D eigenvalue weighted by molar-refractivity contribution is 0.306. The van der Waals surface area contributed by atoms with Gasteiger partial charge in [0.1, 0.15) is 5.76 Å². The van der Waals surface area contributed by atoms with E-state index in [1.165, 1.54) is 0 Å². The Morgan fingerprint density at radius 3 is 2.92 bits per heavy atom. The van der Waals surface area contributed by atoms with Crippen LogP contribution in [-0.4, -0.2) is 14.2 Å². The van der Waals surface area contributed by atoms with Gasteiger partial charge in [-0.05, 0) is 6.08 Å². The molecule has 0 bridgehead atoms. The second kappa shape index (κ2) is 4.21. The fraction of sp³-hybridized carbons (Fsp3) is 0.333. The number of hydrogen-bond donors (Lipinski definition) is 1. The van der Waals surface area contributed by atoms with Crippen molar-refractivity contribution in [1.29, 1.82) is 0 Å². The van der Waals surface area contributed by atoms with Gasteiger partial charge in [0.25, 0.3) is 0 Å². The predicted molar refractivity (Wildman–Crippen MR) is 50.8 cm³/mol. The highest BCUT2D eigenvalue weighted by molar-refractivity contribution is 6.30. The first-order chi connectivity index (χ1) is 5.77. The van der Waals surface area contributed by atoms with Gasteiger partial charge in [0, 0.05) is 24.6 Å². The topological polar surface area (TPSA) is 21.3 Å². The van der Waals surface area contributed by atoms with Gasteiger partial charge >= 0.3 is 0 Å². The van der Waals surface area contributed by atoms with Crippen molar-refractivity contribution in [2.24, 2.45) is 0 Å². The summed E-state index contributed by atoms with van der Waals surface area (Å²) in [6.07, 6.45) is 6.52. The molecule has 3 heteroatoms. The number of likely N-dealkylation sites (N-methyl/N-ethyl adjacent to an activating group) is 1. The third-order valence-corrected chi connectivity index (χ3v) is 2.02. The molecular formula is C9H12ClNO. The van der Waals surface area contributed by atoms with E-state index in [0.29, 0.717) is 0 Å². The maximum Gasteiger partial charge on any atom is 0.120 e. The Balaban J connectivity index is 2.93. The Labute approximate surface area is 77.6 Å². The molecule has 0 radical (unpaired) electrons. The number of halogens is 1. The number of rotatable bonds is 2. The molecule has 0 amide bonds. The number of methoxy groups -OCH3 is 1. The van der Waals surface area contributed by atoms with Crippen molar-refractivity contribution in [2.45, 2.75) is 6.42 Å². The van der Waals surface area contributed by atoms with Crippen molar-refractivity contribution in [1.82, 2.24) is 5.32 Å². The zero-order valence-electron chi connectivity index (χ0n) is 7.23. The number of allylic oxidation sites excluding steroid dienone is 4. The molecule has 0 spiro atoms. The summed E-state index contributed by atoms with van der Waals surface area (Å²) in [5, 5.41) is 3.82. The molecule has 0 heterocycles. The predicted octanol–water partition coefficient (Wildman–Crippen LogP) is 2.15. The van der Waals surface area contributed by atoms with E-state index >= 15 is 0 Å². The first-order valence-electron chi connectivity index (χ1n) is 3.76. The van der Waals surface area contributed by atoms with Crippen LogP contribution >= 0.6 is 11.6 Å². The molecule has 1 aliphatic carbocycles. The standard InChI is InChI=1S/C9H12ClNO/c1-11-9-6-7(12-2)4-3-5-8(9)10/h3-4,6,11H,5H2,1-2H3. The number of hydrogen-bond acceptors (Lipinski definition) is 2. The zero-order chi connectivity index (χ0) is 8.97. The van der Waals surface area contributed by atoms with Gasteiger partial charge in [-0.15, -0.1) is 0 Å². The molecule has 0 saturated heterocycles. The molecule has 1 N–H and O–H groups in total. The Kier molecular flexibility index (Phi) is 3.23. The third kappa shape index (κ3) is 2.05. The molecule has 1 rings (SSSR count). The summed E-state index contributed by atoms with van der Waals surface area (Å²) in [7, 11) is 3.48. The summed E-state index contributed by atoms with van der Waals surface area (Å²) in [6, 6.07) is 0. The smallest absolute Gasteiger partial charge is 0.120 e. The average molecular weight is 186 g/mol. The molecule has 2 nitrogen and oxygen atoms in total. The first kappa shape index (κ1) is 9.20. The summed E-state index contributed by atoms with van der Waals surface area (Å²) in [5.74, 6) is 0.815. The zero-order valence-corrected chi connectivity index (χ0v) is 7.98. The Hall–Kier alpha value is -0.890. The summed E-state index contributed by atoms with van der Waals surface area (Å²) in [4.78, 5) is 0. The molecule has 0 aliphatic heterocycles. The highest BCUT2D eigenvalue weighted by atomic mass is 35.5. The van der Waals surface area contributed by atoms with Gasteiger partial charge in [-0.1, -0.05) is 17.7 Å². The van der Waals surface area contributed by atoms with Crippen LogP contribution in [0, 0.1) is 0 Å². The van der Waals surface area contributed by atoms with E-state index in [1.807, 2.05) is 25.3 Å². The van der Waals surface area contributed by atoms with Gasteiger partial charge in [-0.3, -0.25) is 0 Å². The molecule has 0 aromatic heterocycles. The second-order valence-electron chi connectivity index (χ2n) is 2.43. The quantitative estimate of drug-likeness (QED) is 0.712. The van der Waals surface area contributed by atoms with Crippen molar-refractivity contribution >= 4 is 11.6 Å². The van der Waals surface area contributed by atoms with Crippen LogP contribution in [0.5, 0.6) is 0 Å². The summed E-state index contributed by atoms with van der Waals surface area (Å²) in [5.41, 5.74) is 0.915. The SMILES string of the molecule is CNC1=C(Cl)CC=CC(OC)=C1. The average Bonchev–Trinajstić information content (AvgIpc) is 2.27. The van der Waals surface area contributed by atoms with Crippen molar-refractivity contribution in [3.05, 3.63) is 34.7 Å². The maximum atomic E-state index is 5.98. The normalized spacial score (nSPS) is 17.1. The monoisotopic (exact) mass is 185 g/mol. The fourth-order valence-corrected chi connectivity index (χ4v) is 1.23. The summed E-state index contributed by atoms with van der Waals surface area (Å²) < 4.78 is 5.09. The van der Waals surface area contributed by atoms with Gasteiger partial charge in [0.2, 0.25) is 0 Å². The van der Waals surface area contributed by atoms with E-state index in [2.05, 4.69) is 5.32 Å². The van der Waals surface area contributed by atoms with E-state index < -0.39 is 0 Å². The molecule has 0 fully saturated rings. The second-order valence-corrected chi connectivity index (χ2v) is 2.88. The van der Waals surface area contributed by atoms with Crippen molar-refractivity contribution in [3.8, 4) is 0 Å². The molecule has 0 saturated carbocycles. The molecule has 0 aromatic rings. The van der Waals surface area contributed by atoms with Gasteiger partial charge in [0.15, 0.2) is 0 Å². The number of nitrogens with one attached hydrogen (secondary N) is 1. The lowest BCUT2D eigenvalue weighted by atomic mass is 10.3. The minimum atomic E-state index is 0.751. The van der Waals surface area contributed by atoms with Crippen LogP contribution in [0.2, 0.25) is 0 Å². The molecule has 0 atom stereocenters. The Morgan fingerprint density at radius 2 is 2.33 bits per heavy atom. The first-order valence-corrected chi connectivity index (χ1v) is 4.14. The van der Waals surface area contributed by atoms with Gasteiger partial charge < -0.3 is 10.1 Å². The van der Waals surface area contributed by atoms with Gasteiger partial charge in [0.05, 0.1) is 12.8 Å². The van der Waals surface area contributed by atoms with E-state index in [1.54, 1.807) is 7.11 Å². The minimum absolute atomic E-state index is 0.751. The third-order valence-electron chi connectivity index (χ3n) is 1.66. The molecule has 0 aromatic carbocycles. The maximum absolute atomic E-state index is 5.98. The van der Waals surface area contributed by atoms with E-state index in [-0.39, 0.29) is 0 Å². The van der Waals surface area contributed by atoms with E-state index in [9.17, 15) is 0 Å². The van der Waals surface area contributed by atoms with Gasteiger partial charge in [-0.25, -0.2) is 0 Å². The molecular weight excluding hydrogens is 174 g/mol. The molecule has 1 aliphatic rings. The van der Waals surface area contributed by atoms with Crippen molar-refractivity contribution in [3.63, 3.8) is 0 Å². The summed E-state index contributed by atoms with van der Waals surface area (Å²) in [6.45, 7) is 0. The fourth-order valence-electron chi connectivity index (χ4n) is 0.992. The van der Waals surface area contributed by atoms with Crippen LogP contribution in [-0.2, 0) is 4.74 Å². The van der Waals surface area contributed by atoms with Crippen LogP contribution < -0.4 is 5.32 Å². The van der Waals surface area contributed by atoms with Gasteiger partial charge in [-0.2, -0.15) is 0 Å². The molecule has 66 valence electrons. The Bertz CT molecular complexity index is 253. The van der Waals surface area contributed by atoms with Crippen molar-refractivity contribution < 1.29 is 4.74 Å². The molecule has 12 heavy (non-hydrogen) atoms. The van der Waals surface area contributed by atoms with Crippen LogP contribution in [0.15, 0.2) is 34.7 Å². The highest BCUT2D eigenvalue weighted by Crippen LogP contribution is 2.19. The largest absolute Gasteiger partial charge is 0.497 e. The highest BCUT2D eigenvalue weighted by Gasteiger charge is 2.03. The van der Waals surface area contributed by atoms with Crippen molar-refractivity contribution in [2.75, 3.05) is 14.2 Å². The van der Waals surface area contributed by atoms with E-state index in [0.717, 1.165) is 22.9 Å².